The molecule has 0 aliphatic heterocycles. The van der Waals surface area contributed by atoms with E-state index in [4.69, 9.17) is 4.99 Å². The van der Waals surface area contributed by atoms with Crippen molar-refractivity contribution in [2.24, 2.45) is 4.99 Å². The lowest BCUT2D eigenvalue weighted by Gasteiger charge is -2.13. The Balaban J connectivity index is 1.74. The van der Waals surface area contributed by atoms with Gasteiger partial charge in [0.2, 0.25) is 0 Å². The number of rotatable bonds is 5. The van der Waals surface area contributed by atoms with Gasteiger partial charge in [0.05, 0.1) is 12.1 Å². The molecule has 4 heteroatoms. The van der Waals surface area contributed by atoms with Gasteiger partial charge >= 0.3 is 0 Å². The largest absolute Gasteiger partial charge is 0.357 e. The predicted molar refractivity (Wildman–Crippen MR) is 105 cm³/mol. The van der Waals surface area contributed by atoms with Gasteiger partial charge < -0.3 is 10.6 Å². The molecule has 1 heterocycles. The number of hydrogen-bond acceptors (Lipinski definition) is 2. The molecule has 0 atom stereocenters. The molecule has 3 rings (SSSR count). The maximum absolute atomic E-state index is 4.75. The van der Waals surface area contributed by atoms with E-state index in [9.17, 15) is 0 Å². The summed E-state index contributed by atoms with van der Waals surface area (Å²) in [6.07, 6.45) is 1.85. The Morgan fingerprint density at radius 1 is 0.960 bits per heavy atom. The Labute approximate surface area is 149 Å². The van der Waals surface area contributed by atoms with Crippen molar-refractivity contribution in [2.75, 3.05) is 6.54 Å². The van der Waals surface area contributed by atoms with Gasteiger partial charge in [0.15, 0.2) is 5.96 Å². The fourth-order valence-corrected chi connectivity index (χ4v) is 2.79. The smallest absolute Gasteiger partial charge is 0.191 e. The first-order valence-corrected chi connectivity index (χ1v) is 8.67. The van der Waals surface area contributed by atoms with Crippen LogP contribution in [0.2, 0.25) is 0 Å². The van der Waals surface area contributed by atoms with Crippen molar-refractivity contribution in [3.63, 3.8) is 0 Å². The van der Waals surface area contributed by atoms with Crippen molar-refractivity contribution in [3.05, 3.63) is 77.5 Å². The van der Waals surface area contributed by atoms with Gasteiger partial charge in [-0.3, -0.25) is 4.98 Å². The highest BCUT2D eigenvalue weighted by atomic mass is 15.2. The van der Waals surface area contributed by atoms with Crippen LogP contribution in [0.3, 0.4) is 0 Å². The molecule has 0 saturated heterocycles. The van der Waals surface area contributed by atoms with Crippen LogP contribution in [0.4, 0.5) is 0 Å². The molecule has 0 fully saturated rings. The summed E-state index contributed by atoms with van der Waals surface area (Å²) in [7, 11) is 0. The van der Waals surface area contributed by atoms with Crippen molar-refractivity contribution in [1.29, 1.82) is 0 Å². The number of para-hydroxylation sites is 1. The first-order chi connectivity index (χ1) is 12.3. The number of guanidine groups is 1. The van der Waals surface area contributed by atoms with Crippen molar-refractivity contribution in [1.82, 2.24) is 15.6 Å². The molecule has 2 N–H and O–H groups in total. The second-order valence-electron chi connectivity index (χ2n) is 5.96. The van der Waals surface area contributed by atoms with Crippen LogP contribution >= 0.6 is 0 Å². The topological polar surface area (TPSA) is 49.3 Å². The Bertz CT molecular complexity index is 865. The monoisotopic (exact) mass is 332 g/mol. The molecule has 3 aromatic rings. The van der Waals surface area contributed by atoms with E-state index in [0.29, 0.717) is 6.54 Å². The number of pyridine rings is 1. The van der Waals surface area contributed by atoms with Crippen LogP contribution in [0, 0.1) is 6.92 Å². The maximum Gasteiger partial charge on any atom is 0.191 e. The molecule has 0 amide bonds. The van der Waals surface area contributed by atoms with Gasteiger partial charge in [0, 0.05) is 24.7 Å². The summed E-state index contributed by atoms with van der Waals surface area (Å²) in [4.78, 5) is 9.16. The van der Waals surface area contributed by atoms with Crippen LogP contribution in [0.1, 0.15) is 23.6 Å². The van der Waals surface area contributed by atoms with Crippen LogP contribution in [0.15, 0.2) is 65.8 Å². The van der Waals surface area contributed by atoms with Crippen molar-refractivity contribution < 1.29 is 0 Å². The summed E-state index contributed by atoms with van der Waals surface area (Å²) in [6.45, 7) is 6.41. The van der Waals surface area contributed by atoms with Gasteiger partial charge in [-0.25, -0.2) is 4.99 Å². The zero-order valence-electron chi connectivity index (χ0n) is 14.8. The Morgan fingerprint density at radius 3 is 2.60 bits per heavy atom. The molecular formula is C21H24N4. The number of aliphatic imine (C=N–C) groups is 1. The highest BCUT2D eigenvalue weighted by Crippen LogP contribution is 2.16. The minimum atomic E-state index is 0.617. The molecule has 0 saturated carbocycles. The molecular weight excluding hydrogens is 308 g/mol. The first-order valence-electron chi connectivity index (χ1n) is 8.67. The third kappa shape index (κ3) is 4.35. The summed E-state index contributed by atoms with van der Waals surface area (Å²) < 4.78 is 0. The van der Waals surface area contributed by atoms with Gasteiger partial charge in [-0.05, 0) is 42.7 Å². The van der Waals surface area contributed by atoms with E-state index in [2.05, 4.69) is 59.8 Å². The minimum absolute atomic E-state index is 0.617. The van der Waals surface area contributed by atoms with Crippen molar-refractivity contribution in [3.8, 4) is 0 Å². The molecule has 0 spiro atoms. The van der Waals surface area contributed by atoms with Gasteiger partial charge in [-0.2, -0.15) is 0 Å². The van der Waals surface area contributed by atoms with E-state index < -0.39 is 0 Å². The van der Waals surface area contributed by atoms with Crippen LogP contribution in [-0.2, 0) is 13.1 Å². The molecule has 128 valence electrons. The number of aryl methyl sites for hydroxylation is 1. The summed E-state index contributed by atoms with van der Waals surface area (Å²) in [5, 5.41) is 7.89. The van der Waals surface area contributed by atoms with Gasteiger partial charge in [-0.15, -0.1) is 0 Å². The third-order valence-electron chi connectivity index (χ3n) is 4.20. The normalized spacial score (nSPS) is 11.5. The van der Waals surface area contributed by atoms with E-state index in [1.54, 1.807) is 0 Å². The van der Waals surface area contributed by atoms with E-state index in [1.165, 1.54) is 16.7 Å². The Hall–Kier alpha value is -2.88. The van der Waals surface area contributed by atoms with Crippen LogP contribution in [-0.4, -0.2) is 17.5 Å². The standard InChI is InChI=1S/C21H24N4/c1-3-22-21(24-14-17-9-5-4-8-16(17)2)25-15-18-12-13-23-20-11-7-6-10-19(18)20/h4-13H,3,14-15H2,1-2H3,(H2,22,24,25). The summed E-state index contributed by atoms with van der Waals surface area (Å²) in [5.41, 5.74) is 4.75. The number of nitrogens with one attached hydrogen (secondary N) is 2. The van der Waals surface area contributed by atoms with E-state index >= 15 is 0 Å². The minimum Gasteiger partial charge on any atom is -0.357 e. The molecule has 0 unspecified atom stereocenters. The fourth-order valence-electron chi connectivity index (χ4n) is 2.79. The highest BCUT2D eigenvalue weighted by Gasteiger charge is 2.03. The van der Waals surface area contributed by atoms with Gasteiger partial charge in [-0.1, -0.05) is 42.5 Å². The third-order valence-corrected chi connectivity index (χ3v) is 4.20. The molecule has 0 bridgehead atoms. The molecule has 2 aromatic carbocycles. The first kappa shape index (κ1) is 17.0. The highest BCUT2D eigenvalue weighted by molar-refractivity contribution is 5.83. The molecule has 0 radical (unpaired) electrons. The van der Waals surface area contributed by atoms with Crippen LogP contribution < -0.4 is 10.6 Å². The molecule has 4 nitrogen and oxygen atoms in total. The predicted octanol–water partition coefficient (Wildman–Crippen LogP) is 3.80. The zero-order chi connectivity index (χ0) is 17.5. The maximum atomic E-state index is 4.75. The lowest BCUT2D eigenvalue weighted by atomic mass is 10.1. The summed E-state index contributed by atoms with van der Waals surface area (Å²) >= 11 is 0. The second kappa shape index (κ2) is 8.29. The number of aromatic nitrogens is 1. The van der Waals surface area contributed by atoms with E-state index in [0.717, 1.165) is 30.0 Å². The van der Waals surface area contributed by atoms with E-state index in [1.807, 2.05) is 30.5 Å². The number of benzene rings is 2. The fraction of sp³-hybridized carbons (Fsp3) is 0.238. The average Bonchev–Trinajstić information content (AvgIpc) is 2.65. The molecule has 0 aliphatic rings. The SMILES string of the molecule is CCNC(=NCc1ccnc2ccccc12)NCc1ccccc1C. The second-order valence-corrected chi connectivity index (χ2v) is 5.96. The molecule has 1 aromatic heterocycles. The number of fused-ring (bicyclic) bond motifs is 1. The summed E-state index contributed by atoms with van der Waals surface area (Å²) in [5.74, 6) is 0.826. The van der Waals surface area contributed by atoms with Crippen LogP contribution in [0.5, 0.6) is 0 Å². The Kier molecular flexibility index (Phi) is 5.62. The van der Waals surface area contributed by atoms with Crippen molar-refractivity contribution >= 4 is 16.9 Å². The Morgan fingerprint density at radius 2 is 1.76 bits per heavy atom. The van der Waals surface area contributed by atoms with E-state index in [-0.39, 0.29) is 0 Å². The van der Waals surface area contributed by atoms with Crippen molar-refractivity contribution in [2.45, 2.75) is 26.9 Å². The zero-order valence-corrected chi connectivity index (χ0v) is 14.8. The lowest BCUT2D eigenvalue weighted by Crippen LogP contribution is -2.36. The quantitative estimate of drug-likeness (QED) is 0.552. The molecule has 0 aliphatic carbocycles. The number of hydrogen-bond donors (Lipinski definition) is 2. The van der Waals surface area contributed by atoms with Gasteiger partial charge in [0.25, 0.3) is 0 Å². The average molecular weight is 332 g/mol. The van der Waals surface area contributed by atoms with Crippen LogP contribution in [0.25, 0.3) is 10.9 Å². The summed E-state index contributed by atoms with van der Waals surface area (Å²) in [6, 6.07) is 18.6. The lowest BCUT2D eigenvalue weighted by molar-refractivity contribution is 0.813. The van der Waals surface area contributed by atoms with Gasteiger partial charge in [0.1, 0.15) is 0 Å². The number of nitrogens with zero attached hydrogens (tertiary/aromatic N) is 2. The molecule has 25 heavy (non-hydrogen) atoms.